The zero-order chi connectivity index (χ0) is 11.5. The van der Waals surface area contributed by atoms with E-state index in [0.29, 0.717) is 5.88 Å². The smallest absolute Gasteiger partial charge is 0.214 e. The molecule has 0 aliphatic carbocycles. The van der Waals surface area contributed by atoms with Gasteiger partial charge in [-0.1, -0.05) is 6.92 Å². The van der Waals surface area contributed by atoms with Crippen LogP contribution in [0.3, 0.4) is 0 Å². The van der Waals surface area contributed by atoms with Gasteiger partial charge in [0.15, 0.2) is 0 Å². The molecule has 0 saturated carbocycles. The number of hydrogen-bond donors (Lipinski definition) is 1. The SMILES string of the molecule is CCC(C)(C)Oc1cc([C@H](C)N)ccn1. The van der Waals surface area contributed by atoms with Crippen molar-refractivity contribution in [1.29, 1.82) is 0 Å². The number of rotatable bonds is 4. The lowest BCUT2D eigenvalue weighted by molar-refractivity contribution is 0.0989. The molecule has 0 aromatic carbocycles. The molecule has 15 heavy (non-hydrogen) atoms. The van der Waals surface area contributed by atoms with Crippen LogP contribution < -0.4 is 10.5 Å². The second-order valence-corrected chi connectivity index (χ2v) is 4.43. The van der Waals surface area contributed by atoms with Gasteiger partial charge in [0.25, 0.3) is 0 Å². The van der Waals surface area contributed by atoms with Gasteiger partial charge in [-0.05, 0) is 38.8 Å². The van der Waals surface area contributed by atoms with Crippen LogP contribution in [-0.2, 0) is 0 Å². The summed E-state index contributed by atoms with van der Waals surface area (Å²) in [5.74, 6) is 0.650. The number of ether oxygens (including phenoxy) is 1. The van der Waals surface area contributed by atoms with Crippen molar-refractivity contribution in [3.05, 3.63) is 23.9 Å². The van der Waals surface area contributed by atoms with Crippen molar-refractivity contribution in [3.8, 4) is 5.88 Å². The van der Waals surface area contributed by atoms with Gasteiger partial charge in [-0.15, -0.1) is 0 Å². The Labute approximate surface area is 91.7 Å². The van der Waals surface area contributed by atoms with Crippen LogP contribution in [0.25, 0.3) is 0 Å². The van der Waals surface area contributed by atoms with Crippen molar-refractivity contribution in [2.75, 3.05) is 0 Å². The van der Waals surface area contributed by atoms with Gasteiger partial charge in [0.2, 0.25) is 5.88 Å². The molecule has 0 spiro atoms. The van der Waals surface area contributed by atoms with Gasteiger partial charge in [0.1, 0.15) is 5.60 Å². The Morgan fingerprint density at radius 3 is 2.73 bits per heavy atom. The maximum absolute atomic E-state index is 5.80. The summed E-state index contributed by atoms with van der Waals surface area (Å²) in [4.78, 5) is 4.18. The highest BCUT2D eigenvalue weighted by molar-refractivity contribution is 5.23. The molecule has 0 amide bonds. The Morgan fingerprint density at radius 2 is 2.20 bits per heavy atom. The summed E-state index contributed by atoms with van der Waals surface area (Å²) in [6.07, 6.45) is 2.68. The van der Waals surface area contributed by atoms with E-state index in [-0.39, 0.29) is 11.6 Å². The van der Waals surface area contributed by atoms with Crippen LogP contribution in [-0.4, -0.2) is 10.6 Å². The Morgan fingerprint density at radius 1 is 1.53 bits per heavy atom. The number of hydrogen-bond acceptors (Lipinski definition) is 3. The molecule has 0 fully saturated rings. The molecule has 3 heteroatoms. The van der Waals surface area contributed by atoms with Crippen LogP contribution in [0.1, 0.15) is 45.7 Å². The minimum atomic E-state index is -0.177. The summed E-state index contributed by atoms with van der Waals surface area (Å²) in [6, 6.07) is 3.83. The van der Waals surface area contributed by atoms with Crippen LogP contribution in [0.5, 0.6) is 5.88 Å². The summed E-state index contributed by atoms with van der Waals surface area (Å²) >= 11 is 0. The summed E-state index contributed by atoms with van der Waals surface area (Å²) in [5, 5.41) is 0. The number of nitrogens with two attached hydrogens (primary N) is 1. The average Bonchev–Trinajstić information content (AvgIpc) is 2.17. The van der Waals surface area contributed by atoms with E-state index in [9.17, 15) is 0 Å². The van der Waals surface area contributed by atoms with E-state index in [4.69, 9.17) is 10.5 Å². The molecule has 1 aromatic rings. The number of pyridine rings is 1. The Hall–Kier alpha value is -1.09. The minimum Gasteiger partial charge on any atom is -0.472 e. The lowest BCUT2D eigenvalue weighted by Crippen LogP contribution is -2.27. The van der Waals surface area contributed by atoms with Gasteiger partial charge in [-0.25, -0.2) is 4.98 Å². The van der Waals surface area contributed by atoms with Gasteiger partial charge < -0.3 is 10.5 Å². The molecule has 1 atom stereocenters. The summed E-state index contributed by atoms with van der Waals surface area (Å²) in [5.41, 5.74) is 6.67. The summed E-state index contributed by atoms with van der Waals surface area (Å²) in [7, 11) is 0. The van der Waals surface area contributed by atoms with Gasteiger partial charge in [0, 0.05) is 18.3 Å². The van der Waals surface area contributed by atoms with Crippen LogP contribution in [0.15, 0.2) is 18.3 Å². The van der Waals surface area contributed by atoms with Gasteiger partial charge in [0.05, 0.1) is 0 Å². The molecule has 0 aliphatic rings. The zero-order valence-corrected chi connectivity index (χ0v) is 9.95. The first-order chi connectivity index (χ1) is 6.94. The Bertz CT molecular complexity index is 321. The van der Waals surface area contributed by atoms with Gasteiger partial charge in [-0.2, -0.15) is 0 Å². The molecule has 0 bridgehead atoms. The highest BCUT2D eigenvalue weighted by atomic mass is 16.5. The van der Waals surface area contributed by atoms with Gasteiger partial charge >= 0.3 is 0 Å². The molecule has 0 unspecified atom stereocenters. The molecule has 0 aliphatic heterocycles. The van der Waals surface area contributed by atoms with Gasteiger partial charge in [-0.3, -0.25) is 0 Å². The maximum Gasteiger partial charge on any atom is 0.214 e. The van der Waals surface area contributed by atoms with E-state index in [1.165, 1.54) is 0 Å². The molecular weight excluding hydrogens is 188 g/mol. The lowest BCUT2D eigenvalue weighted by Gasteiger charge is -2.24. The molecule has 0 radical (unpaired) electrons. The molecule has 1 aromatic heterocycles. The van der Waals surface area contributed by atoms with Crippen LogP contribution in [0, 0.1) is 0 Å². The monoisotopic (exact) mass is 208 g/mol. The standard InChI is InChI=1S/C12H20N2O/c1-5-12(3,4)15-11-8-10(9(2)13)6-7-14-11/h6-9H,5,13H2,1-4H3/t9-/m0/s1. The van der Waals surface area contributed by atoms with E-state index in [2.05, 4.69) is 11.9 Å². The van der Waals surface area contributed by atoms with Crippen LogP contribution in [0.2, 0.25) is 0 Å². The van der Waals surface area contributed by atoms with Crippen molar-refractivity contribution in [3.63, 3.8) is 0 Å². The average molecular weight is 208 g/mol. The third kappa shape index (κ3) is 3.51. The maximum atomic E-state index is 5.80. The Balaban J connectivity index is 2.82. The first-order valence-corrected chi connectivity index (χ1v) is 5.35. The lowest BCUT2D eigenvalue weighted by atomic mass is 10.1. The molecule has 2 N–H and O–H groups in total. The van der Waals surface area contributed by atoms with Crippen LogP contribution >= 0.6 is 0 Å². The van der Waals surface area contributed by atoms with Crippen molar-refractivity contribution in [2.24, 2.45) is 5.73 Å². The largest absolute Gasteiger partial charge is 0.472 e. The molecule has 84 valence electrons. The predicted octanol–water partition coefficient (Wildman–Crippen LogP) is 2.67. The fraction of sp³-hybridized carbons (Fsp3) is 0.583. The molecule has 1 heterocycles. The third-order valence-corrected chi connectivity index (χ3v) is 2.52. The highest BCUT2D eigenvalue weighted by Gasteiger charge is 2.17. The minimum absolute atomic E-state index is 0.0140. The second kappa shape index (κ2) is 4.62. The summed E-state index contributed by atoms with van der Waals surface area (Å²) in [6.45, 7) is 8.14. The number of aromatic nitrogens is 1. The zero-order valence-electron chi connectivity index (χ0n) is 9.95. The molecular formula is C12H20N2O. The Kier molecular flexibility index (Phi) is 3.69. The normalized spacial score (nSPS) is 13.7. The predicted molar refractivity (Wildman–Crippen MR) is 61.8 cm³/mol. The van der Waals surface area contributed by atoms with E-state index < -0.39 is 0 Å². The van der Waals surface area contributed by atoms with Crippen LogP contribution in [0.4, 0.5) is 0 Å². The third-order valence-electron chi connectivity index (χ3n) is 2.52. The molecule has 3 nitrogen and oxygen atoms in total. The number of nitrogens with zero attached hydrogens (tertiary/aromatic N) is 1. The van der Waals surface area contributed by atoms with Crippen molar-refractivity contribution in [2.45, 2.75) is 45.8 Å². The van der Waals surface area contributed by atoms with E-state index in [1.807, 2.05) is 32.9 Å². The van der Waals surface area contributed by atoms with Crippen molar-refractivity contribution < 1.29 is 4.74 Å². The van der Waals surface area contributed by atoms with Crippen molar-refractivity contribution in [1.82, 2.24) is 4.98 Å². The second-order valence-electron chi connectivity index (χ2n) is 4.43. The fourth-order valence-corrected chi connectivity index (χ4v) is 1.12. The molecule has 0 saturated heterocycles. The topological polar surface area (TPSA) is 48.1 Å². The highest BCUT2D eigenvalue weighted by Crippen LogP contribution is 2.21. The van der Waals surface area contributed by atoms with E-state index >= 15 is 0 Å². The molecule has 1 rings (SSSR count). The van der Waals surface area contributed by atoms with Crippen molar-refractivity contribution >= 4 is 0 Å². The summed E-state index contributed by atoms with van der Waals surface area (Å²) < 4.78 is 5.78. The fourth-order valence-electron chi connectivity index (χ4n) is 1.12. The first kappa shape index (κ1) is 12.0. The quantitative estimate of drug-likeness (QED) is 0.827. The van der Waals surface area contributed by atoms with E-state index in [1.54, 1.807) is 6.20 Å². The first-order valence-electron chi connectivity index (χ1n) is 5.35. The van der Waals surface area contributed by atoms with E-state index in [0.717, 1.165) is 12.0 Å².